The van der Waals surface area contributed by atoms with Gasteiger partial charge in [0.2, 0.25) is 0 Å². The van der Waals surface area contributed by atoms with Crippen LogP contribution in [0.5, 0.6) is 0 Å². The average Bonchev–Trinajstić information content (AvgIpc) is 2.98. The van der Waals surface area contributed by atoms with E-state index in [-0.39, 0.29) is 0 Å². The van der Waals surface area contributed by atoms with Crippen molar-refractivity contribution in [3.8, 4) is 0 Å². The number of para-hydroxylation sites is 2. The van der Waals surface area contributed by atoms with Gasteiger partial charge in [-0.05, 0) is 25.0 Å². The van der Waals surface area contributed by atoms with Crippen molar-refractivity contribution in [1.29, 1.82) is 0 Å². The van der Waals surface area contributed by atoms with E-state index < -0.39 is 0 Å². The Morgan fingerprint density at radius 1 is 0.720 bits per heavy atom. The minimum atomic E-state index is 1.13. The number of hydrogen-bond acceptors (Lipinski definition) is 1. The first-order valence-electron chi connectivity index (χ1n) is 10.8. The molecule has 1 heterocycles. The summed E-state index contributed by atoms with van der Waals surface area (Å²) in [7, 11) is 0. The molecule has 2 heteroatoms. The van der Waals surface area contributed by atoms with Crippen molar-refractivity contribution in [1.82, 2.24) is 9.55 Å². The molecule has 0 unspecified atom stereocenters. The molecule has 0 radical (unpaired) electrons. The fourth-order valence-electron chi connectivity index (χ4n) is 3.68. The summed E-state index contributed by atoms with van der Waals surface area (Å²) in [6, 6.07) is 8.66. The number of hydrogen-bond donors (Lipinski definition) is 0. The van der Waals surface area contributed by atoms with Crippen LogP contribution in [0.25, 0.3) is 11.0 Å². The van der Waals surface area contributed by atoms with Gasteiger partial charge in [0.1, 0.15) is 5.82 Å². The highest BCUT2D eigenvalue weighted by Crippen LogP contribution is 2.19. The summed E-state index contributed by atoms with van der Waals surface area (Å²) < 4.78 is 2.50. The van der Waals surface area contributed by atoms with Crippen LogP contribution in [0.1, 0.15) is 96.7 Å². The van der Waals surface area contributed by atoms with Crippen LogP contribution < -0.4 is 0 Å². The summed E-state index contributed by atoms with van der Waals surface area (Å²) in [5, 5.41) is 0. The molecule has 0 fully saturated rings. The Labute approximate surface area is 155 Å². The molecule has 0 spiro atoms. The van der Waals surface area contributed by atoms with Crippen molar-refractivity contribution in [2.45, 2.75) is 104 Å². The van der Waals surface area contributed by atoms with E-state index in [9.17, 15) is 0 Å². The number of rotatable bonds is 14. The summed E-state index contributed by atoms with van der Waals surface area (Å²) in [4.78, 5) is 4.93. The van der Waals surface area contributed by atoms with Gasteiger partial charge in [-0.1, -0.05) is 90.2 Å². The Hall–Kier alpha value is -1.31. The highest BCUT2D eigenvalue weighted by Gasteiger charge is 2.09. The molecule has 1 aromatic heterocycles. The SMILES string of the molecule is CCCCCCCCCn1c(CCCCCCC)nc2ccccc21. The minimum absolute atomic E-state index is 1.13. The molecule has 0 saturated carbocycles. The first-order chi connectivity index (χ1) is 12.4. The van der Waals surface area contributed by atoms with Gasteiger partial charge < -0.3 is 4.57 Å². The number of nitrogens with zero attached hydrogens (tertiary/aromatic N) is 2. The lowest BCUT2D eigenvalue weighted by Crippen LogP contribution is -2.04. The van der Waals surface area contributed by atoms with E-state index >= 15 is 0 Å². The maximum atomic E-state index is 4.93. The van der Waals surface area contributed by atoms with Crippen LogP contribution in [0.2, 0.25) is 0 Å². The largest absolute Gasteiger partial charge is 0.328 e. The van der Waals surface area contributed by atoms with Gasteiger partial charge in [-0.25, -0.2) is 4.98 Å². The Bertz CT molecular complexity index is 585. The molecule has 0 aliphatic carbocycles. The molecule has 0 N–H and O–H groups in total. The lowest BCUT2D eigenvalue weighted by atomic mass is 10.1. The van der Waals surface area contributed by atoms with Crippen molar-refractivity contribution < 1.29 is 0 Å². The fourth-order valence-corrected chi connectivity index (χ4v) is 3.68. The summed E-state index contributed by atoms with van der Waals surface area (Å²) in [6.07, 6.45) is 17.4. The normalized spacial score (nSPS) is 11.4. The third kappa shape index (κ3) is 6.84. The quantitative estimate of drug-likeness (QED) is 0.329. The molecule has 140 valence electrons. The monoisotopic (exact) mass is 342 g/mol. The van der Waals surface area contributed by atoms with Crippen LogP contribution >= 0.6 is 0 Å². The van der Waals surface area contributed by atoms with Crippen molar-refractivity contribution in [3.63, 3.8) is 0 Å². The molecule has 0 bridgehead atoms. The van der Waals surface area contributed by atoms with E-state index in [1.807, 2.05) is 0 Å². The summed E-state index contributed by atoms with van der Waals surface area (Å²) in [6.45, 7) is 5.70. The van der Waals surface area contributed by atoms with Gasteiger partial charge in [0.25, 0.3) is 0 Å². The molecule has 2 rings (SSSR count). The molecule has 0 atom stereocenters. The number of aromatic nitrogens is 2. The Morgan fingerprint density at radius 2 is 1.32 bits per heavy atom. The van der Waals surface area contributed by atoms with Crippen molar-refractivity contribution in [2.24, 2.45) is 0 Å². The molecule has 25 heavy (non-hydrogen) atoms. The van der Waals surface area contributed by atoms with Crippen LogP contribution in [-0.4, -0.2) is 9.55 Å². The van der Waals surface area contributed by atoms with Gasteiger partial charge >= 0.3 is 0 Å². The van der Waals surface area contributed by atoms with Crippen molar-refractivity contribution in [3.05, 3.63) is 30.1 Å². The molecule has 2 aromatic rings. The van der Waals surface area contributed by atoms with Crippen LogP contribution in [0, 0.1) is 0 Å². The number of benzene rings is 1. The second-order valence-corrected chi connectivity index (χ2v) is 7.45. The third-order valence-electron chi connectivity index (χ3n) is 5.22. The van der Waals surface area contributed by atoms with Crippen LogP contribution in [-0.2, 0) is 13.0 Å². The lowest BCUT2D eigenvalue weighted by molar-refractivity contribution is 0.539. The first kappa shape index (κ1) is 20.0. The molecule has 2 nitrogen and oxygen atoms in total. The second kappa shape index (κ2) is 12.1. The van der Waals surface area contributed by atoms with Crippen molar-refractivity contribution >= 4 is 11.0 Å². The van der Waals surface area contributed by atoms with E-state index in [0.717, 1.165) is 13.0 Å². The molecule has 0 aliphatic rings. The maximum Gasteiger partial charge on any atom is 0.109 e. The summed E-state index contributed by atoms with van der Waals surface area (Å²) in [5.74, 6) is 1.31. The highest BCUT2D eigenvalue weighted by molar-refractivity contribution is 5.75. The van der Waals surface area contributed by atoms with Gasteiger partial charge in [0.15, 0.2) is 0 Å². The van der Waals surface area contributed by atoms with Gasteiger partial charge in [0, 0.05) is 13.0 Å². The smallest absolute Gasteiger partial charge is 0.109 e. The number of fused-ring (bicyclic) bond motifs is 1. The van der Waals surface area contributed by atoms with Crippen LogP contribution in [0.4, 0.5) is 0 Å². The van der Waals surface area contributed by atoms with E-state index in [1.54, 1.807) is 0 Å². The summed E-state index contributed by atoms with van der Waals surface area (Å²) in [5.41, 5.74) is 2.51. The Morgan fingerprint density at radius 3 is 2.04 bits per heavy atom. The Balaban J connectivity index is 1.86. The first-order valence-corrected chi connectivity index (χ1v) is 10.8. The van der Waals surface area contributed by atoms with E-state index in [4.69, 9.17) is 4.98 Å². The molecule has 1 aromatic carbocycles. The predicted octanol–water partition coefficient (Wildman–Crippen LogP) is 7.30. The van der Waals surface area contributed by atoms with Gasteiger partial charge in [-0.15, -0.1) is 0 Å². The van der Waals surface area contributed by atoms with Crippen molar-refractivity contribution in [2.75, 3.05) is 0 Å². The molecule has 0 aliphatic heterocycles. The minimum Gasteiger partial charge on any atom is -0.328 e. The Kier molecular flexibility index (Phi) is 9.69. The third-order valence-corrected chi connectivity index (χ3v) is 5.22. The standard InChI is InChI=1S/C23H38N2/c1-3-5-7-9-10-12-16-20-25-22-18-15-14-17-21(22)24-23(25)19-13-11-8-6-4-2/h14-15,17-18H,3-13,16,19-20H2,1-2H3. The molecule has 0 amide bonds. The number of aryl methyl sites for hydroxylation is 2. The predicted molar refractivity (Wildman–Crippen MR) is 110 cm³/mol. The van der Waals surface area contributed by atoms with E-state index in [1.165, 1.54) is 93.9 Å². The fraction of sp³-hybridized carbons (Fsp3) is 0.696. The second-order valence-electron chi connectivity index (χ2n) is 7.45. The number of unbranched alkanes of at least 4 members (excludes halogenated alkanes) is 10. The summed E-state index contributed by atoms with van der Waals surface area (Å²) >= 11 is 0. The highest BCUT2D eigenvalue weighted by atomic mass is 15.1. The topological polar surface area (TPSA) is 17.8 Å². The van der Waals surface area contributed by atoms with E-state index in [2.05, 4.69) is 42.7 Å². The maximum absolute atomic E-state index is 4.93. The zero-order valence-electron chi connectivity index (χ0n) is 16.6. The van der Waals surface area contributed by atoms with Gasteiger partial charge in [0.05, 0.1) is 11.0 Å². The van der Waals surface area contributed by atoms with Gasteiger partial charge in [-0.2, -0.15) is 0 Å². The van der Waals surface area contributed by atoms with Crippen LogP contribution in [0.15, 0.2) is 24.3 Å². The average molecular weight is 343 g/mol. The zero-order chi connectivity index (χ0) is 17.7. The number of imidazole rings is 1. The van der Waals surface area contributed by atoms with Gasteiger partial charge in [-0.3, -0.25) is 0 Å². The molecule has 0 saturated heterocycles. The molecular formula is C23H38N2. The molecular weight excluding hydrogens is 304 g/mol. The van der Waals surface area contributed by atoms with Crippen LogP contribution in [0.3, 0.4) is 0 Å². The zero-order valence-corrected chi connectivity index (χ0v) is 16.6. The lowest BCUT2D eigenvalue weighted by Gasteiger charge is -2.09. The van der Waals surface area contributed by atoms with E-state index in [0.29, 0.717) is 0 Å².